The van der Waals surface area contributed by atoms with Gasteiger partial charge in [-0.3, -0.25) is 19.0 Å². The monoisotopic (exact) mass is 431 g/mol. The number of fused-ring (bicyclic) bond motifs is 1. The summed E-state index contributed by atoms with van der Waals surface area (Å²) in [4.78, 5) is 22.8. The molecule has 7 heteroatoms. The minimum absolute atomic E-state index is 0.0340. The molecule has 2 aromatic carbocycles. The van der Waals surface area contributed by atoms with Crippen molar-refractivity contribution in [1.29, 1.82) is 0 Å². The third kappa shape index (κ3) is 4.85. The third-order valence-electron chi connectivity index (χ3n) is 5.64. The lowest BCUT2D eigenvalue weighted by Crippen LogP contribution is -2.48. The Morgan fingerprint density at radius 1 is 0.968 bits per heavy atom. The third-order valence-corrected chi connectivity index (χ3v) is 6.41. The maximum atomic E-state index is 12.5. The number of carbonyl (C=O) groups is 1. The van der Waals surface area contributed by atoms with Crippen LogP contribution in [0.25, 0.3) is 16.2 Å². The average molecular weight is 432 g/mol. The van der Waals surface area contributed by atoms with Crippen molar-refractivity contribution in [2.45, 2.75) is 6.54 Å². The molecule has 0 atom stereocenters. The number of benzene rings is 2. The SMILES string of the molecule is O=C(CN1CCN(Cc2ccccc2)CC1)Nc1ccc(-c2cn3ccsc3n2)cc1. The fraction of sp³-hybridized carbons (Fsp3) is 0.250. The first-order chi connectivity index (χ1) is 15.2. The summed E-state index contributed by atoms with van der Waals surface area (Å²) in [5.74, 6) is 0.0340. The van der Waals surface area contributed by atoms with Gasteiger partial charge in [0.05, 0.1) is 12.2 Å². The summed E-state index contributed by atoms with van der Waals surface area (Å²) in [6.45, 7) is 5.20. The molecule has 0 saturated carbocycles. The molecule has 1 saturated heterocycles. The summed E-state index contributed by atoms with van der Waals surface area (Å²) >= 11 is 1.62. The number of nitrogens with zero attached hydrogens (tertiary/aromatic N) is 4. The Labute approximate surface area is 185 Å². The molecule has 6 nitrogen and oxygen atoms in total. The van der Waals surface area contributed by atoms with Crippen LogP contribution >= 0.6 is 11.3 Å². The molecule has 0 unspecified atom stereocenters. The lowest BCUT2D eigenvalue weighted by Gasteiger charge is -2.34. The highest BCUT2D eigenvalue weighted by Gasteiger charge is 2.19. The van der Waals surface area contributed by atoms with E-state index in [2.05, 4.69) is 44.4 Å². The summed E-state index contributed by atoms with van der Waals surface area (Å²) in [6.07, 6.45) is 4.03. The minimum Gasteiger partial charge on any atom is -0.325 e. The molecule has 1 aliphatic rings. The van der Waals surface area contributed by atoms with E-state index in [0.29, 0.717) is 6.54 Å². The van der Waals surface area contributed by atoms with Crippen molar-refractivity contribution < 1.29 is 4.79 Å². The Hall–Kier alpha value is -3.00. The predicted molar refractivity (Wildman–Crippen MR) is 125 cm³/mol. The number of imidazole rings is 1. The maximum absolute atomic E-state index is 12.5. The standard InChI is InChI=1S/C24H25N5OS/c30-23(18-28-12-10-27(11-13-28)16-19-4-2-1-3-5-19)25-21-8-6-20(7-9-21)22-17-29-14-15-31-24(29)26-22/h1-9,14-15,17H,10-13,16,18H2,(H,25,30). The Bertz CT molecular complexity index is 1120. The van der Waals surface area contributed by atoms with E-state index in [1.54, 1.807) is 11.3 Å². The highest BCUT2D eigenvalue weighted by molar-refractivity contribution is 7.15. The molecule has 5 rings (SSSR count). The number of carbonyl (C=O) groups excluding carboxylic acids is 1. The van der Waals surface area contributed by atoms with Crippen molar-refractivity contribution in [2.24, 2.45) is 0 Å². The second-order valence-corrected chi connectivity index (χ2v) is 8.76. The summed E-state index contributed by atoms with van der Waals surface area (Å²) in [7, 11) is 0. The summed E-state index contributed by atoms with van der Waals surface area (Å²) in [6, 6.07) is 18.4. The van der Waals surface area contributed by atoms with Gasteiger partial charge in [-0.2, -0.15) is 0 Å². The van der Waals surface area contributed by atoms with Crippen LogP contribution in [0.2, 0.25) is 0 Å². The topological polar surface area (TPSA) is 52.9 Å². The van der Waals surface area contributed by atoms with Gasteiger partial charge in [-0.25, -0.2) is 4.98 Å². The lowest BCUT2D eigenvalue weighted by molar-refractivity contribution is -0.117. The molecule has 3 heterocycles. The number of thiazole rings is 1. The first-order valence-electron chi connectivity index (χ1n) is 10.5. The highest BCUT2D eigenvalue weighted by Crippen LogP contribution is 2.23. The second-order valence-electron chi connectivity index (χ2n) is 7.88. The van der Waals surface area contributed by atoms with Gasteiger partial charge in [0.15, 0.2) is 4.96 Å². The van der Waals surface area contributed by atoms with Gasteiger partial charge in [0, 0.05) is 61.7 Å². The minimum atomic E-state index is 0.0340. The maximum Gasteiger partial charge on any atom is 0.238 e. The molecule has 1 fully saturated rings. The Morgan fingerprint density at radius 3 is 2.45 bits per heavy atom. The van der Waals surface area contributed by atoms with Gasteiger partial charge < -0.3 is 5.32 Å². The zero-order valence-corrected chi connectivity index (χ0v) is 18.1. The molecular weight excluding hydrogens is 406 g/mol. The van der Waals surface area contributed by atoms with Gasteiger partial charge in [0.25, 0.3) is 0 Å². The number of hydrogen-bond acceptors (Lipinski definition) is 5. The number of rotatable bonds is 6. The van der Waals surface area contributed by atoms with Crippen LogP contribution in [0.3, 0.4) is 0 Å². The number of amides is 1. The van der Waals surface area contributed by atoms with E-state index in [4.69, 9.17) is 0 Å². The van der Waals surface area contributed by atoms with Gasteiger partial charge in [0.1, 0.15) is 0 Å². The zero-order chi connectivity index (χ0) is 21.0. The second kappa shape index (κ2) is 9.01. The van der Waals surface area contributed by atoms with Crippen molar-refractivity contribution in [1.82, 2.24) is 19.2 Å². The molecule has 31 heavy (non-hydrogen) atoms. The van der Waals surface area contributed by atoms with Crippen LogP contribution in [0.4, 0.5) is 5.69 Å². The van der Waals surface area contributed by atoms with Crippen LogP contribution in [0, 0.1) is 0 Å². The van der Waals surface area contributed by atoms with Crippen LogP contribution in [-0.4, -0.2) is 57.8 Å². The van der Waals surface area contributed by atoms with E-state index in [0.717, 1.165) is 54.6 Å². The largest absolute Gasteiger partial charge is 0.325 e. The number of hydrogen-bond donors (Lipinski definition) is 1. The normalized spacial score (nSPS) is 15.4. The van der Waals surface area contributed by atoms with E-state index < -0.39 is 0 Å². The van der Waals surface area contributed by atoms with Gasteiger partial charge >= 0.3 is 0 Å². The number of nitrogens with one attached hydrogen (secondary N) is 1. The van der Waals surface area contributed by atoms with Crippen molar-refractivity contribution in [3.8, 4) is 11.3 Å². The molecule has 1 aliphatic heterocycles. The quantitative estimate of drug-likeness (QED) is 0.504. The van der Waals surface area contributed by atoms with E-state index in [9.17, 15) is 4.79 Å². The van der Waals surface area contributed by atoms with E-state index in [1.807, 2.05) is 52.5 Å². The first-order valence-corrected chi connectivity index (χ1v) is 11.4. The number of piperazine rings is 1. The fourth-order valence-electron chi connectivity index (χ4n) is 3.94. The fourth-order valence-corrected chi connectivity index (χ4v) is 4.64. The predicted octanol–water partition coefficient (Wildman–Crippen LogP) is 3.82. The Balaban J connectivity index is 1.10. The molecule has 0 spiro atoms. The molecule has 1 N–H and O–H groups in total. The molecule has 0 bridgehead atoms. The molecule has 158 valence electrons. The van der Waals surface area contributed by atoms with E-state index in [-0.39, 0.29) is 5.91 Å². The van der Waals surface area contributed by atoms with Crippen molar-refractivity contribution >= 4 is 27.9 Å². The Morgan fingerprint density at radius 2 is 1.71 bits per heavy atom. The van der Waals surface area contributed by atoms with Gasteiger partial charge in [-0.05, 0) is 17.7 Å². The summed E-state index contributed by atoms with van der Waals surface area (Å²) in [5, 5.41) is 5.04. The molecular formula is C24H25N5OS. The van der Waals surface area contributed by atoms with Crippen molar-refractivity contribution in [3.05, 3.63) is 77.9 Å². The van der Waals surface area contributed by atoms with Crippen molar-refractivity contribution in [3.63, 3.8) is 0 Å². The smallest absolute Gasteiger partial charge is 0.238 e. The summed E-state index contributed by atoms with van der Waals surface area (Å²) < 4.78 is 2.02. The van der Waals surface area contributed by atoms with Gasteiger partial charge in [-0.1, -0.05) is 42.5 Å². The van der Waals surface area contributed by atoms with Crippen LogP contribution in [-0.2, 0) is 11.3 Å². The first kappa shape index (κ1) is 19.9. The number of aromatic nitrogens is 2. The molecule has 1 amide bonds. The molecule has 0 radical (unpaired) electrons. The Kier molecular flexibility index (Phi) is 5.80. The average Bonchev–Trinajstić information content (AvgIpc) is 3.39. The van der Waals surface area contributed by atoms with E-state index in [1.165, 1.54) is 5.56 Å². The van der Waals surface area contributed by atoms with Crippen molar-refractivity contribution in [2.75, 3.05) is 38.0 Å². The van der Waals surface area contributed by atoms with Gasteiger partial charge in [-0.15, -0.1) is 11.3 Å². The lowest BCUT2D eigenvalue weighted by atomic mass is 10.1. The van der Waals surface area contributed by atoms with Crippen LogP contribution in [0.1, 0.15) is 5.56 Å². The van der Waals surface area contributed by atoms with Gasteiger partial charge in [0.2, 0.25) is 5.91 Å². The highest BCUT2D eigenvalue weighted by atomic mass is 32.1. The van der Waals surface area contributed by atoms with Crippen LogP contribution in [0.15, 0.2) is 72.4 Å². The van der Waals surface area contributed by atoms with E-state index >= 15 is 0 Å². The van der Waals surface area contributed by atoms with Crippen LogP contribution in [0.5, 0.6) is 0 Å². The number of anilines is 1. The van der Waals surface area contributed by atoms with Crippen LogP contribution < -0.4 is 5.32 Å². The summed E-state index contributed by atoms with van der Waals surface area (Å²) in [5.41, 5.74) is 4.14. The molecule has 4 aromatic rings. The molecule has 2 aromatic heterocycles. The molecule has 0 aliphatic carbocycles. The zero-order valence-electron chi connectivity index (χ0n) is 17.3.